The highest BCUT2D eigenvalue weighted by Gasteiger charge is 2.14. The summed E-state index contributed by atoms with van der Waals surface area (Å²) in [5, 5.41) is 7.97. The van der Waals surface area contributed by atoms with Gasteiger partial charge in [0.05, 0.1) is 13.2 Å². The number of hydrogen-bond donors (Lipinski definition) is 2. The molecule has 1 aromatic carbocycles. The lowest BCUT2D eigenvalue weighted by atomic mass is 10.1. The molecule has 2 N–H and O–H groups in total. The van der Waals surface area contributed by atoms with Crippen molar-refractivity contribution in [2.24, 2.45) is 10.9 Å². The number of aryl methyl sites for hydroxylation is 1. The van der Waals surface area contributed by atoms with Crippen LogP contribution in [0.5, 0.6) is 0 Å². The van der Waals surface area contributed by atoms with Crippen LogP contribution >= 0.6 is 0 Å². The Hall–Kier alpha value is -2.05. The summed E-state index contributed by atoms with van der Waals surface area (Å²) < 4.78 is 11.4. The molecule has 1 aliphatic rings. The molecule has 0 radical (unpaired) electrons. The molecule has 2 aromatic rings. The van der Waals surface area contributed by atoms with E-state index in [-0.39, 0.29) is 0 Å². The molecule has 0 amide bonds. The molecule has 148 valence electrons. The Labute approximate surface area is 162 Å². The monoisotopic (exact) mass is 372 g/mol. The number of morpholine rings is 1. The van der Waals surface area contributed by atoms with Crippen molar-refractivity contribution in [2.45, 2.75) is 27.3 Å². The molecule has 0 aliphatic carbocycles. The summed E-state index contributed by atoms with van der Waals surface area (Å²) in [6.45, 7) is 13.6. The lowest BCUT2D eigenvalue weighted by Crippen LogP contribution is -2.44. The Kier molecular flexibility index (Phi) is 7.12. The zero-order valence-electron chi connectivity index (χ0n) is 16.8. The Bertz CT molecular complexity index is 750. The minimum absolute atomic E-state index is 0.535. The van der Waals surface area contributed by atoms with E-state index in [0.29, 0.717) is 12.5 Å². The average molecular weight is 373 g/mol. The van der Waals surface area contributed by atoms with Gasteiger partial charge in [-0.1, -0.05) is 25.1 Å². The summed E-state index contributed by atoms with van der Waals surface area (Å²) in [4.78, 5) is 7.20. The molecule has 1 atom stereocenters. The van der Waals surface area contributed by atoms with Crippen LogP contribution in [-0.4, -0.2) is 56.8 Å². The van der Waals surface area contributed by atoms with E-state index in [1.807, 2.05) is 18.2 Å². The van der Waals surface area contributed by atoms with Gasteiger partial charge < -0.3 is 19.8 Å². The summed E-state index contributed by atoms with van der Waals surface area (Å²) in [7, 11) is 0. The second kappa shape index (κ2) is 9.76. The lowest BCUT2D eigenvalue weighted by molar-refractivity contribution is 0.0320. The first kappa shape index (κ1) is 19.7. The maximum Gasteiger partial charge on any atom is 0.191 e. The molecule has 6 heteroatoms. The maximum absolute atomic E-state index is 5.97. The number of rotatable bonds is 7. The zero-order valence-corrected chi connectivity index (χ0v) is 16.8. The van der Waals surface area contributed by atoms with Crippen molar-refractivity contribution in [3.05, 3.63) is 35.6 Å². The van der Waals surface area contributed by atoms with Gasteiger partial charge in [0, 0.05) is 43.7 Å². The van der Waals surface area contributed by atoms with Gasteiger partial charge in [0.1, 0.15) is 17.9 Å². The molecule has 0 saturated carbocycles. The second-order valence-electron chi connectivity index (χ2n) is 7.24. The van der Waals surface area contributed by atoms with Gasteiger partial charge in [-0.15, -0.1) is 0 Å². The number of para-hydroxylation sites is 1. The number of fused-ring (bicyclic) bond motifs is 1. The number of aliphatic imine (C=N–C) groups is 1. The predicted octanol–water partition coefficient (Wildman–Crippen LogP) is 2.76. The fraction of sp³-hybridized carbons (Fsp3) is 0.571. The van der Waals surface area contributed by atoms with E-state index in [1.165, 1.54) is 10.9 Å². The highest BCUT2D eigenvalue weighted by Crippen LogP contribution is 2.25. The maximum atomic E-state index is 5.97. The number of furan rings is 1. The van der Waals surface area contributed by atoms with E-state index in [1.54, 1.807) is 0 Å². The van der Waals surface area contributed by atoms with E-state index in [0.717, 1.165) is 63.2 Å². The molecular formula is C21H32N4O2. The van der Waals surface area contributed by atoms with Crippen LogP contribution in [0.25, 0.3) is 11.0 Å². The van der Waals surface area contributed by atoms with Crippen LogP contribution in [0.15, 0.2) is 33.7 Å². The van der Waals surface area contributed by atoms with Gasteiger partial charge in [0.25, 0.3) is 0 Å². The first-order chi connectivity index (χ1) is 13.2. The van der Waals surface area contributed by atoms with Gasteiger partial charge in [0.2, 0.25) is 0 Å². The van der Waals surface area contributed by atoms with Crippen molar-refractivity contribution in [1.82, 2.24) is 15.5 Å². The summed E-state index contributed by atoms with van der Waals surface area (Å²) in [6, 6.07) is 8.14. The second-order valence-corrected chi connectivity index (χ2v) is 7.24. The van der Waals surface area contributed by atoms with Crippen molar-refractivity contribution in [1.29, 1.82) is 0 Å². The van der Waals surface area contributed by atoms with Crippen molar-refractivity contribution in [3.8, 4) is 0 Å². The molecule has 1 fully saturated rings. The topological polar surface area (TPSA) is 62.0 Å². The van der Waals surface area contributed by atoms with Crippen LogP contribution in [-0.2, 0) is 11.3 Å². The first-order valence-corrected chi connectivity index (χ1v) is 9.96. The fourth-order valence-electron chi connectivity index (χ4n) is 3.43. The number of ether oxygens (including phenoxy) is 1. The first-order valence-electron chi connectivity index (χ1n) is 9.96. The molecule has 1 aromatic heterocycles. The average Bonchev–Trinajstić information content (AvgIpc) is 3.01. The van der Waals surface area contributed by atoms with E-state index in [2.05, 4.69) is 42.4 Å². The van der Waals surface area contributed by atoms with Crippen molar-refractivity contribution in [2.75, 3.05) is 45.9 Å². The standard InChI is InChI=1S/C21H32N4O2/c1-4-22-21(23-13-16(2)15-25-9-11-26-12-10-25)24-14-20-17(3)18-7-5-6-8-19(18)27-20/h5-8,16H,4,9-15H2,1-3H3,(H2,22,23,24). The Balaban J connectivity index is 1.56. The molecule has 1 unspecified atom stereocenters. The molecule has 0 bridgehead atoms. The van der Waals surface area contributed by atoms with Gasteiger partial charge in [-0.3, -0.25) is 4.90 Å². The zero-order chi connectivity index (χ0) is 19.1. The fourth-order valence-corrected chi connectivity index (χ4v) is 3.43. The highest BCUT2D eigenvalue weighted by atomic mass is 16.5. The summed E-state index contributed by atoms with van der Waals surface area (Å²) >= 11 is 0. The predicted molar refractivity (Wildman–Crippen MR) is 110 cm³/mol. The third-order valence-electron chi connectivity index (χ3n) is 4.96. The van der Waals surface area contributed by atoms with Crippen molar-refractivity contribution >= 4 is 16.9 Å². The molecule has 0 spiro atoms. The number of nitrogens with one attached hydrogen (secondary N) is 2. The summed E-state index contributed by atoms with van der Waals surface area (Å²) in [6.07, 6.45) is 0. The van der Waals surface area contributed by atoms with Crippen molar-refractivity contribution in [3.63, 3.8) is 0 Å². The Morgan fingerprint density at radius 1 is 1.22 bits per heavy atom. The van der Waals surface area contributed by atoms with Crippen LogP contribution in [0.3, 0.4) is 0 Å². The van der Waals surface area contributed by atoms with Gasteiger partial charge in [-0.25, -0.2) is 4.99 Å². The highest BCUT2D eigenvalue weighted by molar-refractivity contribution is 5.82. The van der Waals surface area contributed by atoms with Crippen LogP contribution < -0.4 is 10.6 Å². The molecule has 3 rings (SSSR count). The Morgan fingerprint density at radius 2 is 2.00 bits per heavy atom. The van der Waals surface area contributed by atoms with Crippen LogP contribution in [0.2, 0.25) is 0 Å². The summed E-state index contributed by atoms with van der Waals surface area (Å²) in [5.41, 5.74) is 2.10. The van der Waals surface area contributed by atoms with Gasteiger partial charge in [-0.2, -0.15) is 0 Å². The normalized spacial score (nSPS) is 17.2. The number of benzene rings is 1. The van der Waals surface area contributed by atoms with Crippen molar-refractivity contribution < 1.29 is 9.15 Å². The van der Waals surface area contributed by atoms with E-state index in [9.17, 15) is 0 Å². The number of hydrogen-bond acceptors (Lipinski definition) is 4. The molecule has 6 nitrogen and oxygen atoms in total. The van der Waals surface area contributed by atoms with E-state index in [4.69, 9.17) is 14.1 Å². The van der Waals surface area contributed by atoms with Crippen LogP contribution in [0.4, 0.5) is 0 Å². The SMILES string of the molecule is CCNC(=NCc1oc2ccccc2c1C)NCC(C)CN1CCOCC1. The molecular weight excluding hydrogens is 340 g/mol. The van der Waals surface area contributed by atoms with Crippen LogP contribution in [0, 0.1) is 12.8 Å². The van der Waals surface area contributed by atoms with Gasteiger partial charge in [-0.05, 0) is 25.8 Å². The molecule has 27 heavy (non-hydrogen) atoms. The largest absolute Gasteiger partial charge is 0.459 e. The number of nitrogens with zero attached hydrogens (tertiary/aromatic N) is 2. The lowest BCUT2D eigenvalue weighted by Gasteiger charge is -2.29. The van der Waals surface area contributed by atoms with Gasteiger partial charge in [0.15, 0.2) is 5.96 Å². The molecule has 1 saturated heterocycles. The van der Waals surface area contributed by atoms with Crippen LogP contribution in [0.1, 0.15) is 25.2 Å². The Morgan fingerprint density at radius 3 is 2.74 bits per heavy atom. The van der Waals surface area contributed by atoms with E-state index >= 15 is 0 Å². The van der Waals surface area contributed by atoms with E-state index < -0.39 is 0 Å². The summed E-state index contributed by atoms with van der Waals surface area (Å²) in [5.74, 6) is 2.31. The molecule has 1 aliphatic heterocycles. The minimum atomic E-state index is 0.535. The third-order valence-corrected chi connectivity index (χ3v) is 4.96. The number of guanidine groups is 1. The van der Waals surface area contributed by atoms with Gasteiger partial charge >= 0.3 is 0 Å². The smallest absolute Gasteiger partial charge is 0.191 e. The minimum Gasteiger partial charge on any atom is -0.459 e. The quantitative estimate of drug-likeness (QED) is 0.578. The third kappa shape index (κ3) is 5.47. The molecule has 2 heterocycles.